The van der Waals surface area contributed by atoms with Crippen LogP contribution in [0.1, 0.15) is 28.8 Å². The summed E-state index contributed by atoms with van der Waals surface area (Å²) in [6.45, 7) is -1.94. The maximum absolute atomic E-state index is 12.5. The lowest BCUT2D eigenvalue weighted by molar-refractivity contribution is -0.192. The molecule has 1 saturated heterocycles. The number of amides is 1. The van der Waals surface area contributed by atoms with Gasteiger partial charge in [-0.05, 0) is 55.0 Å². The van der Waals surface area contributed by atoms with Gasteiger partial charge in [0.05, 0.1) is 16.8 Å². The molecule has 0 radical (unpaired) electrons. The Morgan fingerprint density at radius 2 is 1.54 bits per heavy atom. The molecule has 10 nitrogen and oxygen atoms in total. The number of carbonyl (C=O) groups excluding carboxylic acids is 1. The van der Waals surface area contributed by atoms with Crippen LogP contribution < -0.4 is 10.2 Å². The molecule has 0 spiro atoms. The number of rotatable bonds is 5. The Morgan fingerprint density at radius 3 is 2.09 bits per heavy atom. The highest BCUT2D eigenvalue weighted by Crippen LogP contribution is 2.25. The Morgan fingerprint density at radius 1 is 1.00 bits per heavy atom. The van der Waals surface area contributed by atoms with Gasteiger partial charge in [0.25, 0.3) is 12.4 Å². The molecule has 2 aromatic heterocycles. The number of fused-ring (bicyclic) bond motifs is 1. The number of benzene rings is 2. The molecule has 17 heteroatoms. The lowest BCUT2D eigenvalue weighted by atomic mass is 9.90. The number of nitrogens with one attached hydrogen (secondary N) is 1. The van der Waals surface area contributed by atoms with E-state index in [-0.39, 0.29) is 12.4 Å². The fourth-order valence-electron chi connectivity index (χ4n) is 4.24. The highest BCUT2D eigenvalue weighted by atomic mass is 35.5. The van der Waals surface area contributed by atoms with Gasteiger partial charge in [0.15, 0.2) is 11.5 Å². The van der Waals surface area contributed by atoms with E-state index in [2.05, 4.69) is 45.5 Å². The van der Waals surface area contributed by atoms with Gasteiger partial charge in [0.2, 0.25) is 0 Å². The van der Waals surface area contributed by atoms with E-state index in [1.807, 2.05) is 12.1 Å². The van der Waals surface area contributed by atoms with Crippen LogP contribution in [-0.2, 0) is 16.0 Å². The van der Waals surface area contributed by atoms with E-state index in [1.165, 1.54) is 5.56 Å². The Bertz CT molecular complexity index is 1550. The van der Waals surface area contributed by atoms with E-state index < -0.39 is 18.8 Å². The first-order valence-electron chi connectivity index (χ1n) is 13.3. The van der Waals surface area contributed by atoms with E-state index in [9.17, 15) is 31.1 Å². The van der Waals surface area contributed by atoms with Crippen LogP contribution in [0.15, 0.2) is 72.9 Å². The number of aromatic nitrogens is 3. The Balaban J connectivity index is 0.000000445. The summed E-state index contributed by atoms with van der Waals surface area (Å²) >= 11 is 6.12. The lowest BCUT2D eigenvalue weighted by Crippen LogP contribution is -2.35. The van der Waals surface area contributed by atoms with Crippen LogP contribution in [0.25, 0.3) is 5.65 Å². The zero-order valence-electron chi connectivity index (χ0n) is 23.7. The van der Waals surface area contributed by atoms with Crippen molar-refractivity contribution in [2.24, 2.45) is 5.92 Å². The molecule has 3 heterocycles. The van der Waals surface area contributed by atoms with Gasteiger partial charge in [-0.25, -0.2) is 14.3 Å². The second-order valence-electron chi connectivity index (χ2n) is 9.33. The number of hydrogen-bond donors (Lipinski definition) is 3. The van der Waals surface area contributed by atoms with Crippen molar-refractivity contribution >= 4 is 47.2 Å². The number of nitrogens with zero attached hydrogens (tertiary/aromatic N) is 4. The minimum absolute atomic E-state index is 0.250. The first-order chi connectivity index (χ1) is 21.7. The average Bonchev–Trinajstić information content (AvgIpc) is 3.40. The third kappa shape index (κ3) is 12.6. The highest BCUT2D eigenvalue weighted by molar-refractivity contribution is 6.34. The molecule has 1 fully saturated rings. The largest absolute Gasteiger partial charge is 0.490 e. The first-order valence-corrected chi connectivity index (χ1v) is 13.6. The van der Waals surface area contributed by atoms with Gasteiger partial charge >= 0.3 is 18.8 Å². The topological polar surface area (TPSA) is 137 Å². The monoisotopic (exact) mass is 675 g/mol. The molecule has 0 atom stereocenters. The molecule has 1 amide bonds. The predicted octanol–water partition coefficient (Wildman–Crippen LogP) is 6.61. The molecule has 2 aromatic carbocycles. The summed E-state index contributed by atoms with van der Waals surface area (Å²) in [5.74, 6) is -0.970. The van der Waals surface area contributed by atoms with Gasteiger partial charge in [-0.2, -0.15) is 26.3 Å². The van der Waals surface area contributed by atoms with Gasteiger partial charge in [0.1, 0.15) is 5.82 Å². The summed E-state index contributed by atoms with van der Waals surface area (Å²) in [7, 11) is 0. The van der Waals surface area contributed by atoms with Crippen molar-refractivity contribution in [3.05, 3.63) is 89.1 Å². The molecule has 0 bridgehead atoms. The van der Waals surface area contributed by atoms with Crippen molar-refractivity contribution in [3.8, 4) is 0 Å². The Labute approximate surface area is 263 Å². The normalized spacial score (nSPS) is 12.9. The van der Waals surface area contributed by atoms with Gasteiger partial charge in [-0.3, -0.25) is 9.59 Å². The number of piperidine rings is 1. The van der Waals surface area contributed by atoms with Crippen LogP contribution in [0.4, 0.5) is 38.0 Å². The number of halogens is 7. The van der Waals surface area contributed by atoms with Crippen LogP contribution in [0.5, 0.6) is 0 Å². The van der Waals surface area contributed by atoms with Crippen LogP contribution in [0.2, 0.25) is 5.02 Å². The fourth-order valence-corrected chi connectivity index (χ4v) is 4.47. The second-order valence-corrected chi connectivity index (χ2v) is 9.74. The quantitative estimate of drug-likeness (QED) is 0.159. The number of aliphatic carboxylic acids is 1. The standard InChI is InChI=1S/C25H24ClN5O.C2HF3O2.CHF3.CH2O2/c26-21-9-5-4-8-20(21)25(32)28-22-17-31-23(27-22)10-11-24(29-31)30-14-12-19(13-15-30)16-18-6-2-1-3-7-18;3-2(4,5)1(6)7;2-1(3)4;2-1-3/h1-11,17,19H,12-16H2,(H,28,32);(H,6,7);1H;1H,(H,2,3). The summed E-state index contributed by atoms with van der Waals surface area (Å²) < 4.78 is 62.5. The fraction of sp³-hybridized carbons (Fsp3) is 0.276. The first kappa shape index (κ1) is 37.3. The predicted molar refractivity (Wildman–Crippen MR) is 157 cm³/mol. The second kappa shape index (κ2) is 18.2. The molecular formula is C29H28ClF6N5O5. The molecule has 46 heavy (non-hydrogen) atoms. The van der Waals surface area contributed by atoms with Crippen molar-refractivity contribution < 1.29 is 50.9 Å². The summed E-state index contributed by atoms with van der Waals surface area (Å²) in [4.78, 5) is 36.6. The number of anilines is 2. The van der Waals surface area contributed by atoms with E-state index in [0.717, 1.165) is 38.2 Å². The Hall–Kier alpha value is -4.86. The zero-order valence-corrected chi connectivity index (χ0v) is 24.5. The molecule has 1 aliphatic heterocycles. The zero-order chi connectivity index (χ0) is 34.3. The van der Waals surface area contributed by atoms with Crippen molar-refractivity contribution in [2.75, 3.05) is 23.3 Å². The average molecular weight is 676 g/mol. The minimum atomic E-state index is -5.08. The summed E-state index contributed by atoms with van der Waals surface area (Å²) in [5, 5.41) is 22.0. The van der Waals surface area contributed by atoms with Crippen molar-refractivity contribution in [1.82, 2.24) is 14.6 Å². The number of alkyl halides is 6. The SMILES string of the molecule is FC(F)F.O=C(Nc1cn2nc(N3CCC(Cc4ccccc4)CC3)ccc2n1)c1ccccc1Cl.O=C(O)C(F)(F)F.O=CO. The lowest BCUT2D eigenvalue weighted by Gasteiger charge is -2.32. The highest BCUT2D eigenvalue weighted by Gasteiger charge is 2.38. The van der Waals surface area contributed by atoms with E-state index >= 15 is 0 Å². The van der Waals surface area contributed by atoms with Crippen LogP contribution >= 0.6 is 11.6 Å². The minimum Gasteiger partial charge on any atom is -0.483 e. The number of imidazole rings is 1. The molecule has 0 aliphatic carbocycles. The van der Waals surface area contributed by atoms with Crippen LogP contribution in [-0.4, -0.2) is 69.1 Å². The molecule has 0 saturated carbocycles. The van der Waals surface area contributed by atoms with Gasteiger partial charge in [-0.1, -0.05) is 54.1 Å². The number of carboxylic acids is 1. The van der Waals surface area contributed by atoms with Crippen molar-refractivity contribution in [3.63, 3.8) is 0 Å². The van der Waals surface area contributed by atoms with Crippen molar-refractivity contribution in [1.29, 1.82) is 0 Å². The van der Waals surface area contributed by atoms with Gasteiger partial charge < -0.3 is 20.4 Å². The van der Waals surface area contributed by atoms with E-state index in [0.29, 0.717) is 28.0 Å². The Kier molecular flexibility index (Phi) is 14.8. The molecule has 0 unspecified atom stereocenters. The third-order valence-corrected chi connectivity index (χ3v) is 6.54. The molecule has 4 aromatic rings. The maximum atomic E-state index is 12.5. The number of carbonyl (C=O) groups is 3. The molecule has 1 aliphatic rings. The summed E-state index contributed by atoms with van der Waals surface area (Å²) in [5.41, 5.74) is 2.51. The van der Waals surface area contributed by atoms with E-state index in [4.69, 9.17) is 36.5 Å². The summed E-state index contributed by atoms with van der Waals surface area (Å²) in [6, 6.07) is 21.6. The number of carboxylic acid groups (broad SMARTS) is 2. The van der Waals surface area contributed by atoms with Gasteiger partial charge in [-0.15, -0.1) is 5.10 Å². The molecule has 5 rings (SSSR count). The van der Waals surface area contributed by atoms with Crippen LogP contribution in [0, 0.1) is 5.92 Å². The smallest absolute Gasteiger partial charge is 0.483 e. The number of hydrogen-bond acceptors (Lipinski definition) is 6. The van der Waals surface area contributed by atoms with E-state index in [1.54, 1.807) is 35.0 Å². The van der Waals surface area contributed by atoms with Crippen molar-refractivity contribution in [2.45, 2.75) is 32.1 Å². The van der Waals surface area contributed by atoms with Crippen LogP contribution in [0.3, 0.4) is 0 Å². The molecule has 248 valence electrons. The maximum Gasteiger partial charge on any atom is 0.490 e. The van der Waals surface area contributed by atoms with Gasteiger partial charge in [0, 0.05) is 13.1 Å². The molecular weight excluding hydrogens is 648 g/mol. The molecule has 3 N–H and O–H groups in total. The third-order valence-electron chi connectivity index (χ3n) is 6.21. The summed E-state index contributed by atoms with van der Waals surface area (Å²) in [6.07, 6.45) is 0.0856.